The van der Waals surface area contributed by atoms with E-state index in [1.807, 2.05) is 24.3 Å². The molecule has 2 heteroatoms. The van der Waals surface area contributed by atoms with Crippen LogP contribution in [-0.4, -0.2) is 4.98 Å². The molecular formula is C17H13NS. The van der Waals surface area contributed by atoms with E-state index in [1.54, 1.807) is 0 Å². The molecule has 1 nitrogen and oxygen atoms in total. The minimum absolute atomic E-state index is 0.754. The highest BCUT2D eigenvalue weighted by Gasteiger charge is 1.99. The lowest BCUT2D eigenvalue weighted by Crippen LogP contribution is -1.83. The van der Waals surface area contributed by atoms with Crippen LogP contribution in [0.2, 0.25) is 0 Å². The predicted octanol–water partition coefficient (Wildman–Crippen LogP) is 5.08. The summed E-state index contributed by atoms with van der Waals surface area (Å²) in [6.45, 7) is 0. The molecule has 0 spiro atoms. The van der Waals surface area contributed by atoms with Crippen molar-refractivity contribution in [2.45, 2.75) is 0 Å². The third-order valence-electron chi connectivity index (χ3n) is 3.07. The molecule has 0 amide bonds. The van der Waals surface area contributed by atoms with Crippen molar-refractivity contribution in [1.82, 2.24) is 4.98 Å². The van der Waals surface area contributed by atoms with Gasteiger partial charge >= 0.3 is 0 Å². The van der Waals surface area contributed by atoms with E-state index in [-0.39, 0.29) is 0 Å². The van der Waals surface area contributed by atoms with Crippen molar-refractivity contribution in [3.63, 3.8) is 0 Å². The first-order valence-corrected chi connectivity index (χ1v) is 6.59. The lowest BCUT2D eigenvalue weighted by Gasteiger charge is -2.05. The molecule has 0 bridgehead atoms. The molecule has 0 unspecified atom stereocenters. The fourth-order valence-corrected chi connectivity index (χ4v) is 2.28. The minimum Gasteiger partial charge on any atom is -0.346 e. The molecule has 1 aromatic heterocycles. The van der Waals surface area contributed by atoms with Gasteiger partial charge < -0.3 is 4.98 Å². The van der Waals surface area contributed by atoms with Gasteiger partial charge in [0.25, 0.3) is 0 Å². The normalized spacial score (nSPS) is 10.3. The molecule has 92 valence electrons. The summed E-state index contributed by atoms with van der Waals surface area (Å²) in [7, 11) is 0. The summed E-state index contributed by atoms with van der Waals surface area (Å²) >= 11 is 5.15. The van der Waals surface area contributed by atoms with Gasteiger partial charge in [-0.05, 0) is 28.8 Å². The van der Waals surface area contributed by atoms with Crippen LogP contribution in [0.15, 0.2) is 72.8 Å². The van der Waals surface area contributed by atoms with Crippen molar-refractivity contribution in [3.05, 3.63) is 77.4 Å². The van der Waals surface area contributed by atoms with Crippen LogP contribution in [0.4, 0.5) is 0 Å². The summed E-state index contributed by atoms with van der Waals surface area (Å²) in [6, 6.07) is 24.8. The van der Waals surface area contributed by atoms with Crippen molar-refractivity contribution in [2.24, 2.45) is 0 Å². The topological polar surface area (TPSA) is 15.8 Å². The Labute approximate surface area is 117 Å². The van der Waals surface area contributed by atoms with Gasteiger partial charge in [-0.25, -0.2) is 0 Å². The molecule has 3 rings (SSSR count). The average Bonchev–Trinajstić information content (AvgIpc) is 2.48. The number of rotatable bonds is 2. The van der Waals surface area contributed by atoms with Crippen molar-refractivity contribution in [3.8, 4) is 22.4 Å². The molecule has 1 N–H and O–H groups in total. The maximum Gasteiger partial charge on any atom is 0.103 e. The van der Waals surface area contributed by atoms with Crippen molar-refractivity contribution >= 4 is 12.2 Å². The zero-order valence-corrected chi connectivity index (χ0v) is 11.2. The number of pyridine rings is 1. The van der Waals surface area contributed by atoms with E-state index >= 15 is 0 Å². The van der Waals surface area contributed by atoms with E-state index in [4.69, 9.17) is 12.2 Å². The van der Waals surface area contributed by atoms with E-state index in [9.17, 15) is 0 Å². The first-order valence-electron chi connectivity index (χ1n) is 6.18. The quantitative estimate of drug-likeness (QED) is 0.638. The predicted molar refractivity (Wildman–Crippen MR) is 82.5 cm³/mol. The molecule has 0 atom stereocenters. The molecule has 0 aliphatic rings. The lowest BCUT2D eigenvalue weighted by molar-refractivity contribution is 1.30. The van der Waals surface area contributed by atoms with E-state index < -0.39 is 0 Å². The molecule has 0 saturated heterocycles. The maximum absolute atomic E-state index is 5.15. The molecule has 19 heavy (non-hydrogen) atoms. The smallest absolute Gasteiger partial charge is 0.103 e. The highest BCUT2D eigenvalue weighted by atomic mass is 32.1. The number of hydrogen-bond donors (Lipinski definition) is 1. The van der Waals surface area contributed by atoms with Crippen LogP contribution in [-0.2, 0) is 0 Å². The van der Waals surface area contributed by atoms with Gasteiger partial charge in [0.05, 0.1) is 0 Å². The first-order chi connectivity index (χ1) is 9.33. The monoisotopic (exact) mass is 263 g/mol. The summed E-state index contributed by atoms with van der Waals surface area (Å²) in [6.07, 6.45) is 0. The molecule has 3 aromatic rings. The zero-order chi connectivity index (χ0) is 13.1. The third-order valence-corrected chi connectivity index (χ3v) is 3.31. The van der Waals surface area contributed by atoms with Crippen LogP contribution in [0.1, 0.15) is 0 Å². The molecule has 0 saturated carbocycles. The Morgan fingerprint density at radius 1 is 0.579 bits per heavy atom. The molecule has 0 radical (unpaired) electrons. The molecule has 2 aromatic carbocycles. The summed E-state index contributed by atoms with van der Waals surface area (Å²) in [4.78, 5) is 3.20. The summed E-state index contributed by atoms with van der Waals surface area (Å²) in [5.41, 5.74) is 4.65. The Bertz CT molecular complexity index is 727. The summed E-state index contributed by atoms with van der Waals surface area (Å²) < 4.78 is 0.754. The summed E-state index contributed by atoms with van der Waals surface area (Å²) in [5.74, 6) is 0. The second-order valence-corrected chi connectivity index (χ2v) is 4.81. The highest BCUT2D eigenvalue weighted by molar-refractivity contribution is 7.71. The van der Waals surface area contributed by atoms with Crippen LogP contribution in [0.25, 0.3) is 22.4 Å². The van der Waals surface area contributed by atoms with Crippen LogP contribution in [0, 0.1) is 4.64 Å². The first kappa shape index (κ1) is 11.9. The second kappa shape index (κ2) is 5.21. The Balaban J connectivity index is 1.98. The molecule has 1 heterocycles. The van der Waals surface area contributed by atoms with E-state index in [0.29, 0.717) is 0 Å². The van der Waals surface area contributed by atoms with Gasteiger partial charge in [-0.3, -0.25) is 0 Å². The van der Waals surface area contributed by atoms with Crippen LogP contribution < -0.4 is 0 Å². The Morgan fingerprint density at radius 2 is 1.21 bits per heavy atom. The standard InChI is InChI=1S/C17H13NS/c19-17-8-4-7-16(18-17)15-11-9-14(10-12-15)13-5-2-1-3-6-13/h1-12H,(H,18,19). The Hall–Kier alpha value is -2.19. The Morgan fingerprint density at radius 3 is 1.89 bits per heavy atom. The lowest BCUT2D eigenvalue weighted by atomic mass is 10.0. The SMILES string of the molecule is S=c1cccc(-c2ccc(-c3ccccc3)cc2)[nH]1. The zero-order valence-electron chi connectivity index (χ0n) is 10.3. The molecule has 0 aliphatic carbocycles. The maximum atomic E-state index is 5.15. The Kier molecular flexibility index (Phi) is 3.25. The average molecular weight is 263 g/mol. The molecule has 0 aliphatic heterocycles. The van der Waals surface area contributed by atoms with Crippen LogP contribution >= 0.6 is 12.2 Å². The van der Waals surface area contributed by atoms with Gasteiger partial charge in [-0.1, -0.05) is 72.9 Å². The van der Waals surface area contributed by atoms with Gasteiger partial charge in [0.2, 0.25) is 0 Å². The van der Waals surface area contributed by atoms with Crippen molar-refractivity contribution in [1.29, 1.82) is 0 Å². The van der Waals surface area contributed by atoms with E-state index in [2.05, 4.69) is 53.5 Å². The van der Waals surface area contributed by atoms with Crippen LogP contribution in [0.5, 0.6) is 0 Å². The van der Waals surface area contributed by atoms with Crippen molar-refractivity contribution in [2.75, 3.05) is 0 Å². The van der Waals surface area contributed by atoms with E-state index in [1.165, 1.54) is 11.1 Å². The van der Waals surface area contributed by atoms with Crippen LogP contribution in [0.3, 0.4) is 0 Å². The third kappa shape index (κ3) is 2.64. The van der Waals surface area contributed by atoms with Gasteiger partial charge in [0.1, 0.15) is 4.64 Å². The number of aromatic nitrogens is 1. The minimum atomic E-state index is 0.754. The van der Waals surface area contributed by atoms with Crippen molar-refractivity contribution < 1.29 is 0 Å². The molecule has 0 fully saturated rings. The fourth-order valence-electron chi connectivity index (χ4n) is 2.09. The molecular weight excluding hydrogens is 250 g/mol. The van der Waals surface area contributed by atoms with Gasteiger partial charge in [-0.15, -0.1) is 0 Å². The second-order valence-electron chi connectivity index (χ2n) is 4.37. The number of nitrogens with one attached hydrogen (secondary N) is 1. The summed E-state index contributed by atoms with van der Waals surface area (Å²) in [5, 5.41) is 0. The number of hydrogen-bond acceptors (Lipinski definition) is 1. The largest absolute Gasteiger partial charge is 0.346 e. The number of benzene rings is 2. The number of aromatic amines is 1. The van der Waals surface area contributed by atoms with Gasteiger partial charge in [-0.2, -0.15) is 0 Å². The van der Waals surface area contributed by atoms with E-state index in [0.717, 1.165) is 15.9 Å². The van der Waals surface area contributed by atoms with Gasteiger partial charge in [0, 0.05) is 5.69 Å². The fraction of sp³-hybridized carbons (Fsp3) is 0. The number of H-pyrrole nitrogens is 1. The van der Waals surface area contributed by atoms with Gasteiger partial charge in [0.15, 0.2) is 0 Å². The highest BCUT2D eigenvalue weighted by Crippen LogP contribution is 2.23.